The highest BCUT2D eigenvalue weighted by Gasteiger charge is 2.36. The molecule has 2 bridgehead atoms. The van der Waals surface area contributed by atoms with Crippen LogP contribution < -0.4 is 5.73 Å². The molecule has 2 unspecified atom stereocenters. The molecule has 3 heterocycles. The summed E-state index contributed by atoms with van der Waals surface area (Å²) in [6, 6.07) is 0.0121. The maximum absolute atomic E-state index is 8.97. The first-order chi connectivity index (χ1) is 5.81. The van der Waals surface area contributed by atoms with E-state index < -0.39 is 0 Å². The van der Waals surface area contributed by atoms with Gasteiger partial charge in [0.2, 0.25) is 0 Å². The summed E-state index contributed by atoms with van der Waals surface area (Å²) in [6.07, 6.45) is 2.58. The monoisotopic (exact) mass is 170 g/mol. The Balaban J connectivity index is 1.99. The number of nitrogens with zero attached hydrogens (tertiary/aromatic N) is 1. The van der Waals surface area contributed by atoms with Gasteiger partial charge in [-0.05, 0) is 37.8 Å². The second-order valence-electron chi connectivity index (χ2n) is 4.15. The van der Waals surface area contributed by atoms with Gasteiger partial charge >= 0.3 is 0 Å². The average molecular weight is 170 g/mol. The molecule has 3 nitrogen and oxygen atoms in total. The van der Waals surface area contributed by atoms with Crippen LogP contribution in [-0.4, -0.2) is 42.3 Å². The Bertz CT molecular complexity index is 155. The van der Waals surface area contributed by atoms with Gasteiger partial charge < -0.3 is 15.7 Å². The molecule has 3 aliphatic rings. The van der Waals surface area contributed by atoms with Gasteiger partial charge in [-0.2, -0.15) is 0 Å². The van der Waals surface area contributed by atoms with Crippen LogP contribution >= 0.6 is 0 Å². The van der Waals surface area contributed by atoms with E-state index in [0.29, 0.717) is 5.92 Å². The summed E-state index contributed by atoms with van der Waals surface area (Å²) in [4.78, 5) is 2.47. The topological polar surface area (TPSA) is 49.5 Å². The van der Waals surface area contributed by atoms with E-state index in [0.717, 1.165) is 12.5 Å². The quantitative estimate of drug-likeness (QED) is 0.595. The van der Waals surface area contributed by atoms with Crippen molar-refractivity contribution in [3.05, 3.63) is 0 Å². The first kappa shape index (κ1) is 8.48. The molecule has 0 aromatic carbocycles. The van der Waals surface area contributed by atoms with Crippen molar-refractivity contribution in [2.45, 2.75) is 18.9 Å². The van der Waals surface area contributed by atoms with Crippen molar-refractivity contribution in [2.75, 3.05) is 26.2 Å². The summed E-state index contributed by atoms with van der Waals surface area (Å²) in [5.74, 6) is 1.34. The third-order valence-corrected chi connectivity index (χ3v) is 3.47. The minimum atomic E-state index is 0.0121. The molecule has 3 saturated heterocycles. The molecule has 0 spiro atoms. The van der Waals surface area contributed by atoms with E-state index >= 15 is 0 Å². The van der Waals surface area contributed by atoms with Crippen LogP contribution in [0.25, 0.3) is 0 Å². The number of aliphatic hydroxyl groups is 1. The fourth-order valence-electron chi connectivity index (χ4n) is 2.63. The van der Waals surface area contributed by atoms with Crippen molar-refractivity contribution in [1.29, 1.82) is 0 Å². The number of fused-ring (bicyclic) bond motifs is 3. The summed E-state index contributed by atoms with van der Waals surface area (Å²) in [7, 11) is 0. The van der Waals surface area contributed by atoms with E-state index in [2.05, 4.69) is 4.90 Å². The number of hydrogen-bond donors (Lipinski definition) is 2. The second kappa shape index (κ2) is 3.32. The molecule has 0 aromatic heterocycles. The number of piperidine rings is 3. The minimum absolute atomic E-state index is 0.0121. The van der Waals surface area contributed by atoms with E-state index in [1.807, 2.05) is 0 Å². The molecule has 70 valence electrons. The van der Waals surface area contributed by atoms with Gasteiger partial charge in [0.25, 0.3) is 0 Å². The highest BCUT2D eigenvalue weighted by molar-refractivity contribution is 4.91. The van der Waals surface area contributed by atoms with Gasteiger partial charge in [-0.1, -0.05) is 0 Å². The zero-order valence-corrected chi connectivity index (χ0v) is 7.45. The van der Waals surface area contributed by atoms with E-state index in [-0.39, 0.29) is 12.6 Å². The van der Waals surface area contributed by atoms with Crippen LogP contribution in [0.5, 0.6) is 0 Å². The van der Waals surface area contributed by atoms with Crippen LogP contribution in [0, 0.1) is 11.8 Å². The lowest BCUT2D eigenvalue weighted by atomic mass is 9.76. The van der Waals surface area contributed by atoms with E-state index in [9.17, 15) is 0 Å². The van der Waals surface area contributed by atoms with Crippen molar-refractivity contribution >= 4 is 0 Å². The number of aliphatic hydroxyl groups excluding tert-OH is 1. The lowest BCUT2D eigenvalue weighted by Gasteiger charge is -2.46. The predicted molar refractivity (Wildman–Crippen MR) is 47.7 cm³/mol. The Morgan fingerprint density at radius 1 is 1.42 bits per heavy atom. The molecule has 0 aliphatic carbocycles. The fourth-order valence-corrected chi connectivity index (χ4v) is 2.63. The van der Waals surface area contributed by atoms with Crippen molar-refractivity contribution in [1.82, 2.24) is 4.90 Å². The van der Waals surface area contributed by atoms with E-state index in [1.165, 1.54) is 25.9 Å². The van der Waals surface area contributed by atoms with Crippen LogP contribution in [0.15, 0.2) is 0 Å². The third-order valence-electron chi connectivity index (χ3n) is 3.47. The molecule has 0 amide bonds. The van der Waals surface area contributed by atoms with Gasteiger partial charge in [0.15, 0.2) is 0 Å². The Kier molecular flexibility index (Phi) is 2.35. The third kappa shape index (κ3) is 1.37. The second-order valence-corrected chi connectivity index (χ2v) is 4.15. The van der Waals surface area contributed by atoms with Crippen LogP contribution in [0.3, 0.4) is 0 Å². The maximum atomic E-state index is 8.97. The summed E-state index contributed by atoms with van der Waals surface area (Å²) < 4.78 is 0. The molecule has 3 rings (SSSR count). The van der Waals surface area contributed by atoms with Gasteiger partial charge in [-0.15, -0.1) is 0 Å². The fraction of sp³-hybridized carbons (Fsp3) is 1.00. The van der Waals surface area contributed by atoms with Crippen molar-refractivity contribution in [3.63, 3.8) is 0 Å². The lowest BCUT2D eigenvalue weighted by Crippen LogP contribution is -2.54. The zero-order chi connectivity index (χ0) is 8.55. The molecule has 12 heavy (non-hydrogen) atoms. The molecule has 3 fully saturated rings. The maximum Gasteiger partial charge on any atom is 0.0585 e. The summed E-state index contributed by atoms with van der Waals surface area (Å²) in [6.45, 7) is 3.76. The molecule has 0 saturated carbocycles. The standard InChI is InChI=1S/C9H18N2O/c10-9(6-12)8-5-11-3-1-7(8)2-4-11/h7-9,12H,1-6,10H2. The van der Waals surface area contributed by atoms with Crippen molar-refractivity contribution in [2.24, 2.45) is 17.6 Å². The lowest BCUT2D eigenvalue weighted by molar-refractivity contribution is 0.0264. The summed E-state index contributed by atoms with van der Waals surface area (Å²) in [5.41, 5.74) is 5.86. The minimum Gasteiger partial charge on any atom is -0.395 e. The number of nitrogens with two attached hydrogens (primary N) is 1. The van der Waals surface area contributed by atoms with Crippen molar-refractivity contribution in [3.8, 4) is 0 Å². The first-order valence-electron chi connectivity index (χ1n) is 4.90. The Morgan fingerprint density at radius 3 is 2.50 bits per heavy atom. The molecule has 3 N–H and O–H groups in total. The van der Waals surface area contributed by atoms with Gasteiger partial charge in [0.05, 0.1) is 6.61 Å². The normalized spacial score (nSPS) is 43.0. The van der Waals surface area contributed by atoms with Crippen molar-refractivity contribution < 1.29 is 5.11 Å². The molecule has 2 atom stereocenters. The van der Waals surface area contributed by atoms with Crippen LogP contribution in [0.1, 0.15) is 12.8 Å². The molecular formula is C9H18N2O. The molecular weight excluding hydrogens is 152 g/mol. The van der Waals surface area contributed by atoms with Crippen LogP contribution in [0.2, 0.25) is 0 Å². The molecule has 0 aromatic rings. The van der Waals surface area contributed by atoms with E-state index in [1.54, 1.807) is 0 Å². The Hall–Kier alpha value is -0.120. The van der Waals surface area contributed by atoms with Gasteiger partial charge in [-0.3, -0.25) is 0 Å². The largest absolute Gasteiger partial charge is 0.395 e. The van der Waals surface area contributed by atoms with Crippen LogP contribution in [0.4, 0.5) is 0 Å². The SMILES string of the molecule is NC(CO)C1CN2CCC1CC2. The molecule has 0 radical (unpaired) electrons. The Morgan fingerprint density at radius 2 is 2.08 bits per heavy atom. The molecule has 3 heteroatoms. The highest BCUT2D eigenvalue weighted by atomic mass is 16.3. The molecule has 3 aliphatic heterocycles. The van der Waals surface area contributed by atoms with E-state index in [4.69, 9.17) is 10.8 Å². The smallest absolute Gasteiger partial charge is 0.0585 e. The zero-order valence-electron chi connectivity index (χ0n) is 7.45. The number of rotatable bonds is 2. The van der Waals surface area contributed by atoms with Crippen LogP contribution in [-0.2, 0) is 0 Å². The highest BCUT2D eigenvalue weighted by Crippen LogP contribution is 2.33. The Labute approximate surface area is 73.5 Å². The predicted octanol–water partition coefficient (Wildman–Crippen LogP) is -0.352. The van der Waals surface area contributed by atoms with Gasteiger partial charge in [-0.25, -0.2) is 0 Å². The number of hydrogen-bond acceptors (Lipinski definition) is 3. The van der Waals surface area contributed by atoms with Gasteiger partial charge in [0.1, 0.15) is 0 Å². The summed E-state index contributed by atoms with van der Waals surface area (Å²) in [5, 5.41) is 8.97. The average Bonchev–Trinajstić information content (AvgIpc) is 2.18. The van der Waals surface area contributed by atoms with Gasteiger partial charge in [0, 0.05) is 12.6 Å². The summed E-state index contributed by atoms with van der Waals surface area (Å²) >= 11 is 0. The first-order valence-corrected chi connectivity index (χ1v) is 4.90.